The van der Waals surface area contributed by atoms with Gasteiger partial charge in [-0.15, -0.1) is 0 Å². The molecule has 2 aliphatic heterocycles. The van der Waals surface area contributed by atoms with Crippen LogP contribution < -0.4 is 10.1 Å². The molecule has 36 heavy (non-hydrogen) atoms. The van der Waals surface area contributed by atoms with E-state index in [-0.39, 0.29) is 31.4 Å². The first-order valence-electron chi connectivity index (χ1n) is 11.2. The molecular weight excluding hydrogens is 485 g/mol. The lowest BCUT2D eigenvalue weighted by molar-refractivity contribution is -0.141. The molecule has 0 saturated carbocycles. The number of anilines is 1. The maximum absolute atomic E-state index is 13.2. The summed E-state index contributed by atoms with van der Waals surface area (Å²) in [4.78, 5) is 32.6. The second-order valence-corrected chi connectivity index (χ2v) is 8.86. The number of hydrogen-bond acceptors (Lipinski definition) is 8. The molecule has 0 fully saturated rings. The number of hydrogen-bond donors (Lipinski definition) is 1. The predicted octanol–water partition coefficient (Wildman–Crippen LogP) is 4.63. The number of nitrogens with one attached hydrogen (secondary N) is 1. The molecule has 2 aromatic carbocycles. The lowest BCUT2D eigenvalue weighted by Crippen LogP contribution is -2.37. The zero-order valence-corrected chi connectivity index (χ0v) is 20.9. The number of fused-ring (bicyclic) bond motifs is 1. The molecule has 1 N–H and O–H groups in total. The van der Waals surface area contributed by atoms with Gasteiger partial charge < -0.3 is 24.4 Å². The highest BCUT2D eigenvalue weighted by atomic mass is 32.2. The van der Waals surface area contributed by atoms with Crippen LogP contribution in [0.4, 0.5) is 10.1 Å². The Bertz CT molecular complexity index is 1230. The van der Waals surface area contributed by atoms with Crippen molar-refractivity contribution in [3.8, 4) is 5.75 Å². The normalized spacial score (nSPS) is 16.8. The lowest BCUT2D eigenvalue weighted by Gasteiger charge is -2.36. The molecule has 0 aromatic heterocycles. The van der Waals surface area contributed by atoms with E-state index in [2.05, 4.69) is 10.3 Å². The summed E-state index contributed by atoms with van der Waals surface area (Å²) in [6, 6.07) is 12.4. The van der Waals surface area contributed by atoms with Gasteiger partial charge in [0.15, 0.2) is 5.17 Å². The number of rotatable bonds is 9. The van der Waals surface area contributed by atoms with Gasteiger partial charge >= 0.3 is 5.97 Å². The lowest BCUT2D eigenvalue weighted by atomic mass is 9.93. The second-order valence-electron chi connectivity index (χ2n) is 8.03. The fourth-order valence-corrected chi connectivity index (χ4v) is 4.89. The Kier molecular flexibility index (Phi) is 8.07. The van der Waals surface area contributed by atoms with E-state index in [0.717, 1.165) is 5.56 Å². The highest BCUT2D eigenvalue weighted by Gasteiger charge is 2.41. The summed E-state index contributed by atoms with van der Waals surface area (Å²) in [5, 5.41) is 5.29. The van der Waals surface area contributed by atoms with Crippen molar-refractivity contribution < 1.29 is 28.2 Å². The molecular formula is C26H26FN3O5S. The number of carbonyl (C=O) groups excluding carboxylic acids is 2. The molecule has 0 aliphatic carbocycles. The van der Waals surface area contributed by atoms with Gasteiger partial charge in [0, 0.05) is 18.5 Å². The molecule has 8 nitrogen and oxygen atoms in total. The quantitative estimate of drug-likeness (QED) is 0.388. The van der Waals surface area contributed by atoms with Crippen molar-refractivity contribution in [3.05, 3.63) is 82.3 Å². The number of allylic oxidation sites excluding steroid dienone is 1. The van der Waals surface area contributed by atoms with E-state index in [9.17, 15) is 14.0 Å². The number of nitrogens with zero attached hydrogens (tertiary/aromatic N) is 2. The van der Waals surface area contributed by atoms with E-state index < -0.39 is 12.0 Å². The van der Waals surface area contributed by atoms with Gasteiger partial charge in [0.1, 0.15) is 18.2 Å². The molecule has 0 spiro atoms. The van der Waals surface area contributed by atoms with E-state index in [0.29, 0.717) is 33.6 Å². The van der Waals surface area contributed by atoms with Gasteiger partial charge in [0.25, 0.3) is 0 Å². The number of halogens is 1. The highest BCUT2D eigenvalue weighted by molar-refractivity contribution is 8.16. The first-order chi connectivity index (χ1) is 17.4. The van der Waals surface area contributed by atoms with Crippen LogP contribution in [-0.2, 0) is 19.1 Å². The van der Waals surface area contributed by atoms with E-state index in [4.69, 9.17) is 14.2 Å². The number of esters is 1. The third kappa shape index (κ3) is 5.60. The van der Waals surface area contributed by atoms with Crippen LogP contribution in [0.3, 0.4) is 0 Å². The van der Waals surface area contributed by atoms with Gasteiger partial charge in [0.2, 0.25) is 5.91 Å². The number of amides is 1. The largest absolute Gasteiger partial charge is 0.497 e. The zero-order valence-electron chi connectivity index (χ0n) is 20.1. The Morgan fingerprint density at radius 1 is 1.08 bits per heavy atom. The molecule has 1 unspecified atom stereocenters. The Labute approximate surface area is 212 Å². The average molecular weight is 512 g/mol. The summed E-state index contributed by atoms with van der Waals surface area (Å²) in [6.07, 6.45) is 0.0289. The van der Waals surface area contributed by atoms with Crippen molar-refractivity contribution in [2.24, 2.45) is 4.99 Å². The van der Waals surface area contributed by atoms with Gasteiger partial charge in [-0.1, -0.05) is 23.9 Å². The van der Waals surface area contributed by atoms with Crippen LogP contribution >= 0.6 is 11.8 Å². The third-order valence-corrected chi connectivity index (χ3v) is 6.53. The fourth-order valence-electron chi connectivity index (χ4n) is 3.93. The van der Waals surface area contributed by atoms with E-state index in [1.54, 1.807) is 14.0 Å². The summed E-state index contributed by atoms with van der Waals surface area (Å²) in [7, 11) is 3.12. The van der Waals surface area contributed by atoms with Crippen LogP contribution in [0.25, 0.3) is 0 Å². The average Bonchev–Trinajstić information content (AvgIpc) is 3.26. The number of aliphatic imine (C=N–C) groups is 1. The van der Waals surface area contributed by atoms with Gasteiger partial charge in [0.05, 0.1) is 37.4 Å². The van der Waals surface area contributed by atoms with Crippen molar-refractivity contribution in [1.82, 2.24) is 4.90 Å². The number of methoxy groups -OCH3 is 2. The van der Waals surface area contributed by atoms with Crippen molar-refractivity contribution >= 4 is 34.5 Å². The first-order valence-corrected chi connectivity index (χ1v) is 12.1. The topological polar surface area (TPSA) is 89.5 Å². The van der Waals surface area contributed by atoms with Gasteiger partial charge in [-0.05, 0) is 54.3 Å². The zero-order chi connectivity index (χ0) is 25.7. The first kappa shape index (κ1) is 25.5. The minimum absolute atomic E-state index is 0.0289. The minimum atomic E-state index is -0.557. The molecule has 4 rings (SSSR count). The van der Waals surface area contributed by atoms with Crippen molar-refractivity contribution in [2.45, 2.75) is 19.4 Å². The number of amidine groups is 1. The van der Waals surface area contributed by atoms with Gasteiger partial charge in [-0.25, -0.2) is 14.2 Å². The van der Waals surface area contributed by atoms with Crippen molar-refractivity contribution in [3.63, 3.8) is 0 Å². The maximum Gasteiger partial charge on any atom is 0.338 e. The molecule has 2 aliphatic rings. The molecule has 2 aromatic rings. The molecule has 1 amide bonds. The van der Waals surface area contributed by atoms with Crippen LogP contribution in [0.15, 0.2) is 75.9 Å². The molecule has 2 heterocycles. The van der Waals surface area contributed by atoms with Crippen LogP contribution in [0, 0.1) is 5.82 Å². The Hall–Kier alpha value is -3.63. The second kappa shape index (κ2) is 11.4. The van der Waals surface area contributed by atoms with E-state index in [1.165, 1.54) is 43.1 Å². The van der Waals surface area contributed by atoms with Crippen LogP contribution in [-0.4, -0.2) is 49.4 Å². The standard InChI is InChI=1S/C26H26FN3O5S/c1-16-23(25(32)35-13-12-33-2)24(17-4-10-21(34-3)11-5-17)30-20(15-36-26(30)28-16)14-22(31)29-19-8-6-18(27)7-9-19/h4-11,15,24H,12-14H2,1-3H3,(H,29,31). The van der Waals surface area contributed by atoms with E-state index in [1.807, 2.05) is 34.6 Å². The predicted molar refractivity (Wildman–Crippen MR) is 136 cm³/mol. The maximum atomic E-state index is 13.2. The van der Waals surface area contributed by atoms with Gasteiger partial charge in [-0.2, -0.15) is 0 Å². The van der Waals surface area contributed by atoms with Crippen molar-refractivity contribution in [2.75, 3.05) is 32.8 Å². The van der Waals surface area contributed by atoms with Crippen LogP contribution in [0.5, 0.6) is 5.75 Å². The van der Waals surface area contributed by atoms with Crippen LogP contribution in [0.1, 0.15) is 24.9 Å². The molecule has 0 radical (unpaired) electrons. The summed E-state index contributed by atoms with van der Waals surface area (Å²) >= 11 is 1.38. The smallest absolute Gasteiger partial charge is 0.338 e. The minimum Gasteiger partial charge on any atom is -0.497 e. The summed E-state index contributed by atoms with van der Waals surface area (Å²) in [5.74, 6) is -0.482. The number of benzene rings is 2. The van der Waals surface area contributed by atoms with Gasteiger partial charge in [-0.3, -0.25) is 4.79 Å². The fraction of sp³-hybridized carbons (Fsp3) is 0.269. The summed E-state index contributed by atoms with van der Waals surface area (Å²) in [6.45, 7) is 2.15. The van der Waals surface area contributed by atoms with E-state index >= 15 is 0 Å². The Morgan fingerprint density at radius 2 is 1.81 bits per heavy atom. The molecule has 188 valence electrons. The number of ether oxygens (including phenoxy) is 3. The Balaban J connectivity index is 1.63. The summed E-state index contributed by atoms with van der Waals surface area (Å²) in [5.41, 5.74) is 2.90. The van der Waals surface area contributed by atoms with Crippen molar-refractivity contribution in [1.29, 1.82) is 0 Å². The third-order valence-electron chi connectivity index (χ3n) is 5.64. The Morgan fingerprint density at radius 3 is 2.47 bits per heavy atom. The molecule has 0 saturated heterocycles. The highest BCUT2D eigenvalue weighted by Crippen LogP contribution is 2.45. The molecule has 0 bridgehead atoms. The van der Waals surface area contributed by atoms with Crippen LogP contribution in [0.2, 0.25) is 0 Å². The SMILES string of the molecule is COCCOC(=O)C1=C(C)N=C2SC=C(CC(=O)Nc3ccc(F)cc3)N2C1c1ccc(OC)cc1. The molecule has 1 atom stereocenters. The molecule has 10 heteroatoms. The monoisotopic (exact) mass is 511 g/mol. The number of carbonyl (C=O) groups is 2. The number of thioether (sulfide) groups is 1. The summed E-state index contributed by atoms with van der Waals surface area (Å²) < 4.78 is 29.0.